The number of fused-ring (bicyclic) bond motifs is 1. The Hall–Kier alpha value is -1.95. The maximum absolute atomic E-state index is 8.90. The minimum absolute atomic E-state index is 0.572. The molecule has 3 nitrogen and oxygen atoms in total. The van der Waals surface area contributed by atoms with Crippen LogP contribution < -0.4 is 4.74 Å². The summed E-state index contributed by atoms with van der Waals surface area (Å²) in [6.07, 6.45) is 1.91. The van der Waals surface area contributed by atoms with Gasteiger partial charge in [0.2, 0.25) is 0 Å². The summed E-state index contributed by atoms with van der Waals surface area (Å²) in [5.74, 6) is 0.656. The molecule has 0 aliphatic carbocycles. The molecule has 0 amide bonds. The number of aromatic amines is 1. The lowest BCUT2D eigenvalue weighted by atomic mass is 10.1. The number of hydrogen-bond acceptors (Lipinski definition) is 2. The van der Waals surface area contributed by atoms with E-state index in [9.17, 15) is 0 Å². The van der Waals surface area contributed by atoms with Gasteiger partial charge in [0, 0.05) is 17.1 Å². The van der Waals surface area contributed by atoms with E-state index in [2.05, 4.69) is 11.1 Å². The van der Waals surface area contributed by atoms with Gasteiger partial charge in [0.15, 0.2) is 0 Å². The van der Waals surface area contributed by atoms with Crippen LogP contribution in [-0.2, 0) is 0 Å². The number of methoxy groups -OCH3 is 1. The molecule has 1 heterocycles. The Labute approximate surface area is 81.9 Å². The third-order valence-electron chi connectivity index (χ3n) is 2.32. The van der Waals surface area contributed by atoms with E-state index in [-0.39, 0.29) is 0 Å². The quantitative estimate of drug-likeness (QED) is 0.743. The van der Waals surface area contributed by atoms with Crippen molar-refractivity contribution in [1.82, 2.24) is 4.98 Å². The summed E-state index contributed by atoms with van der Waals surface area (Å²) in [7, 11) is 1.59. The van der Waals surface area contributed by atoms with Crippen molar-refractivity contribution in [3.63, 3.8) is 0 Å². The number of aromatic nitrogens is 1. The van der Waals surface area contributed by atoms with Crippen molar-refractivity contribution < 1.29 is 4.74 Å². The molecule has 0 bridgehead atoms. The van der Waals surface area contributed by atoms with Crippen molar-refractivity contribution in [2.75, 3.05) is 7.11 Å². The smallest absolute Gasteiger partial charge is 0.146 e. The first-order valence-corrected chi connectivity index (χ1v) is 4.32. The van der Waals surface area contributed by atoms with Gasteiger partial charge in [-0.15, -0.1) is 0 Å². The molecule has 14 heavy (non-hydrogen) atoms. The zero-order valence-electron chi connectivity index (χ0n) is 8.09. The Balaban J connectivity index is 2.89. The van der Waals surface area contributed by atoms with Gasteiger partial charge in [-0.2, -0.15) is 5.26 Å². The summed E-state index contributed by atoms with van der Waals surface area (Å²) in [6.45, 7) is 1.99. The number of hydrogen-bond donors (Lipinski definition) is 1. The van der Waals surface area contributed by atoms with Gasteiger partial charge in [0.05, 0.1) is 12.7 Å². The highest BCUT2D eigenvalue weighted by molar-refractivity contribution is 5.91. The van der Waals surface area contributed by atoms with E-state index >= 15 is 0 Å². The highest BCUT2D eigenvalue weighted by Gasteiger charge is 2.10. The first kappa shape index (κ1) is 8.64. The van der Waals surface area contributed by atoms with Crippen LogP contribution in [0.4, 0.5) is 0 Å². The van der Waals surface area contributed by atoms with Gasteiger partial charge < -0.3 is 9.72 Å². The maximum atomic E-state index is 8.90. The highest BCUT2D eigenvalue weighted by atomic mass is 16.5. The van der Waals surface area contributed by atoms with Crippen molar-refractivity contribution in [2.45, 2.75) is 6.92 Å². The van der Waals surface area contributed by atoms with Crippen LogP contribution in [0.25, 0.3) is 10.9 Å². The van der Waals surface area contributed by atoms with Crippen LogP contribution in [0.5, 0.6) is 5.75 Å². The van der Waals surface area contributed by atoms with Gasteiger partial charge >= 0.3 is 0 Å². The Bertz CT molecular complexity index is 520. The van der Waals surface area contributed by atoms with Crippen LogP contribution in [-0.4, -0.2) is 12.1 Å². The number of nitriles is 1. The van der Waals surface area contributed by atoms with Crippen molar-refractivity contribution >= 4 is 10.9 Å². The topological polar surface area (TPSA) is 48.8 Å². The third kappa shape index (κ3) is 1.05. The van der Waals surface area contributed by atoms with Gasteiger partial charge in [-0.1, -0.05) is 0 Å². The average Bonchev–Trinajstić information content (AvgIpc) is 2.59. The molecule has 1 aromatic carbocycles. The fourth-order valence-electron chi connectivity index (χ4n) is 1.65. The van der Waals surface area contributed by atoms with Gasteiger partial charge in [-0.25, -0.2) is 0 Å². The largest absolute Gasteiger partial charge is 0.495 e. The predicted octanol–water partition coefficient (Wildman–Crippen LogP) is 2.36. The van der Waals surface area contributed by atoms with Crippen LogP contribution in [0.1, 0.15) is 11.1 Å². The second-order valence-electron chi connectivity index (χ2n) is 3.15. The average molecular weight is 186 g/mol. The molecular weight excluding hydrogens is 176 g/mol. The molecular formula is C11H10N2O. The van der Waals surface area contributed by atoms with E-state index in [0.29, 0.717) is 11.3 Å². The van der Waals surface area contributed by atoms with Crippen molar-refractivity contribution in [3.05, 3.63) is 29.5 Å². The summed E-state index contributed by atoms with van der Waals surface area (Å²) in [5.41, 5.74) is 2.66. The molecule has 0 saturated heterocycles. The number of ether oxygens (including phenoxy) is 1. The molecule has 1 aromatic heterocycles. The van der Waals surface area contributed by atoms with E-state index in [0.717, 1.165) is 16.5 Å². The number of rotatable bonds is 1. The second-order valence-corrected chi connectivity index (χ2v) is 3.15. The van der Waals surface area contributed by atoms with Crippen LogP contribution in [0, 0.1) is 18.3 Å². The Morgan fingerprint density at radius 1 is 1.43 bits per heavy atom. The lowest BCUT2D eigenvalue weighted by molar-refractivity contribution is 0.418. The summed E-state index contributed by atoms with van der Waals surface area (Å²) in [6, 6.07) is 5.77. The summed E-state index contributed by atoms with van der Waals surface area (Å²) in [5, 5.41) is 9.89. The molecule has 0 unspecified atom stereocenters. The standard InChI is InChI=1S/C11H10N2O/c1-7-6-13-9-4-3-8(5-12)11(14-2)10(7)9/h3-4,6,13H,1-2H3. The summed E-state index contributed by atoms with van der Waals surface area (Å²) < 4.78 is 5.25. The molecule has 2 aromatic rings. The predicted molar refractivity (Wildman–Crippen MR) is 54.3 cm³/mol. The molecule has 0 fully saturated rings. The Morgan fingerprint density at radius 2 is 2.21 bits per heavy atom. The number of benzene rings is 1. The number of aryl methyl sites for hydroxylation is 1. The Morgan fingerprint density at radius 3 is 2.86 bits per heavy atom. The van der Waals surface area contributed by atoms with Gasteiger partial charge in [-0.05, 0) is 24.6 Å². The SMILES string of the molecule is COc1c(C#N)ccc2[nH]cc(C)c12. The first-order chi connectivity index (χ1) is 6.77. The molecule has 0 aliphatic heterocycles. The fraction of sp³-hybridized carbons (Fsp3) is 0.182. The summed E-state index contributed by atoms with van der Waals surface area (Å²) >= 11 is 0. The molecule has 0 saturated carbocycles. The number of nitrogens with one attached hydrogen (secondary N) is 1. The van der Waals surface area contributed by atoms with E-state index in [4.69, 9.17) is 10.00 Å². The first-order valence-electron chi connectivity index (χ1n) is 4.32. The van der Waals surface area contributed by atoms with E-state index in [1.165, 1.54) is 0 Å². The van der Waals surface area contributed by atoms with Gasteiger partial charge in [-0.3, -0.25) is 0 Å². The van der Waals surface area contributed by atoms with Crippen molar-refractivity contribution in [1.29, 1.82) is 5.26 Å². The maximum Gasteiger partial charge on any atom is 0.146 e. The number of nitrogens with zero attached hydrogens (tertiary/aromatic N) is 1. The molecule has 1 N–H and O–H groups in total. The van der Waals surface area contributed by atoms with Crippen molar-refractivity contribution in [3.8, 4) is 11.8 Å². The minimum Gasteiger partial charge on any atom is -0.495 e. The highest BCUT2D eigenvalue weighted by Crippen LogP contribution is 2.31. The minimum atomic E-state index is 0.572. The van der Waals surface area contributed by atoms with Gasteiger partial charge in [0.1, 0.15) is 11.8 Å². The van der Waals surface area contributed by atoms with Crippen molar-refractivity contribution in [2.24, 2.45) is 0 Å². The third-order valence-corrected chi connectivity index (χ3v) is 2.32. The molecule has 3 heteroatoms. The molecule has 0 aliphatic rings. The number of H-pyrrole nitrogens is 1. The lowest BCUT2D eigenvalue weighted by Gasteiger charge is -2.04. The normalized spacial score (nSPS) is 10.1. The van der Waals surface area contributed by atoms with E-state index < -0.39 is 0 Å². The second kappa shape index (κ2) is 3.08. The molecule has 0 radical (unpaired) electrons. The monoisotopic (exact) mass is 186 g/mol. The lowest BCUT2D eigenvalue weighted by Crippen LogP contribution is -1.89. The fourth-order valence-corrected chi connectivity index (χ4v) is 1.65. The Kier molecular flexibility index (Phi) is 1.90. The molecule has 0 atom stereocenters. The van der Waals surface area contributed by atoms with Crippen LogP contribution in [0.15, 0.2) is 18.3 Å². The molecule has 2 rings (SSSR count). The van der Waals surface area contributed by atoms with Gasteiger partial charge in [0.25, 0.3) is 0 Å². The zero-order chi connectivity index (χ0) is 10.1. The van der Waals surface area contributed by atoms with E-state index in [1.54, 1.807) is 13.2 Å². The summed E-state index contributed by atoms with van der Waals surface area (Å²) in [4.78, 5) is 3.12. The molecule has 70 valence electrons. The zero-order valence-corrected chi connectivity index (χ0v) is 8.09. The van der Waals surface area contributed by atoms with E-state index in [1.807, 2.05) is 19.2 Å². The van der Waals surface area contributed by atoms with Crippen LogP contribution in [0.3, 0.4) is 0 Å². The molecule has 0 spiro atoms. The van der Waals surface area contributed by atoms with Crippen LogP contribution in [0.2, 0.25) is 0 Å². The van der Waals surface area contributed by atoms with Crippen LogP contribution >= 0.6 is 0 Å².